The molecule has 3 rings (SSSR count). The van der Waals surface area contributed by atoms with Gasteiger partial charge in [-0.25, -0.2) is 12.8 Å². The Kier molecular flexibility index (Phi) is 4.68. The predicted molar refractivity (Wildman–Crippen MR) is 90.9 cm³/mol. The molecule has 1 saturated heterocycles. The van der Waals surface area contributed by atoms with E-state index in [2.05, 4.69) is 0 Å². The number of rotatable bonds is 3. The van der Waals surface area contributed by atoms with E-state index in [1.54, 1.807) is 12.1 Å². The maximum absolute atomic E-state index is 13.1. The number of hydrogen-bond acceptors (Lipinski definition) is 4. The molecule has 0 amide bonds. The summed E-state index contributed by atoms with van der Waals surface area (Å²) in [5.41, 5.74) is -0.287. The van der Waals surface area contributed by atoms with Gasteiger partial charge in [0.1, 0.15) is 17.5 Å². The van der Waals surface area contributed by atoms with Crippen molar-refractivity contribution in [2.45, 2.75) is 29.9 Å². The number of aryl methyl sites for hydroxylation is 1. The average Bonchev–Trinajstić information content (AvgIpc) is 2.58. The molecule has 1 aliphatic rings. The number of β-amino-alcohol motifs (C(OH)–C–C–N with tert-alkyl or cyclic N) is 1. The molecule has 0 aromatic heterocycles. The van der Waals surface area contributed by atoms with Crippen LogP contribution in [0.4, 0.5) is 4.39 Å². The van der Waals surface area contributed by atoms with E-state index in [9.17, 15) is 23.0 Å². The van der Waals surface area contributed by atoms with Crippen LogP contribution in [0.1, 0.15) is 17.5 Å². The maximum atomic E-state index is 13.1. The summed E-state index contributed by atoms with van der Waals surface area (Å²) < 4.78 is 39.7. The molecule has 1 aliphatic heterocycles. The minimum absolute atomic E-state index is 0.0187. The Morgan fingerprint density at radius 2 is 1.72 bits per heavy atom. The molecule has 0 aliphatic carbocycles. The van der Waals surface area contributed by atoms with E-state index in [0.29, 0.717) is 5.56 Å². The second-order valence-corrected chi connectivity index (χ2v) is 8.31. The summed E-state index contributed by atoms with van der Waals surface area (Å²) >= 11 is 0. The summed E-state index contributed by atoms with van der Waals surface area (Å²) in [5, 5.41) is 21.2. The van der Waals surface area contributed by atoms with E-state index >= 15 is 0 Å². The molecular formula is C18H20FNO4S. The van der Waals surface area contributed by atoms with E-state index in [1.807, 2.05) is 6.92 Å². The van der Waals surface area contributed by atoms with Gasteiger partial charge in [0.25, 0.3) is 0 Å². The average molecular weight is 365 g/mol. The lowest BCUT2D eigenvalue weighted by molar-refractivity contribution is -0.112. The Labute approximate surface area is 146 Å². The zero-order chi connectivity index (χ0) is 18.2. The molecule has 2 N–H and O–H groups in total. The van der Waals surface area contributed by atoms with E-state index in [-0.39, 0.29) is 24.4 Å². The molecule has 0 saturated carbocycles. The quantitative estimate of drug-likeness (QED) is 0.869. The third-order valence-electron chi connectivity index (χ3n) is 4.67. The van der Waals surface area contributed by atoms with Gasteiger partial charge in [-0.1, -0.05) is 29.8 Å². The van der Waals surface area contributed by atoms with Crippen LogP contribution < -0.4 is 0 Å². The fraction of sp³-hybridized carbons (Fsp3) is 0.333. The largest absolute Gasteiger partial charge is 0.388 e. The molecule has 5 nitrogen and oxygen atoms in total. The molecule has 25 heavy (non-hydrogen) atoms. The van der Waals surface area contributed by atoms with Gasteiger partial charge in [-0.2, -0.15) is 4.31 Å². The Hall–Kier alpha value is -1.80. The standard InChI is InChI=1S/C18H20FNO4S/c1-13-2-8-16(9-3-13)25(23,24)20-11-10-18(22,17(21)12-20)14-4-6-15(19)7-5-14/h2-9,17,21-22H,10-12H2,1H3. The monoisotopic (exact) mass is 365 g/mol. The van der Waals surface area contributed by atoms with Crippen LogP contribution in [0, 0.1) is 12.7 Å². The van der Waals surface area contributed by atoms with Crippen molar-refractivity contribution in [1.29, 1.82) is 0 Å². The second-order valence-electron chi connectivity index (χ2n) is 6.37. The summed E-state index contributed by atoms with van der Waals surface area (Å²) in [7, 11) is -3.75. The molecule has 2 aromatic rings. The lowest BCUT2D eigenvalue weighted by atomic mass is 9.83. The molecule has 2 atom stereocenters. The summed E-state index contributed by atoms with van der Waals surface area (Å²) in [6.45, 7) is 1.69. The molecule has 2 unspecified atom stereocenters. The summed E-state index contributed by atoms with van der Waals surface area (Å²) in [6.07, 6.45) is -1.29. The van der Waals surface area contributed by atoms with Gasteiger partial charge in [-0.05, 0) is 43.2 Å². The van der Waals surface area contributed by atoms with Crippen molar-refractivity contribution in [1.82, 2.24) is 4.31 Å². The minimum atomic E-state index is -3.75. The van der Waals surface area contributed by atoms with Crippen LogP contribution in [0.3, 0.4) is 0 Å². The summed E-state index contributed by atoms with van der Waals surface area (Å²) in [6, 6.07) is 11.7. The molecule has 7 heteroatoms. The molecule has 1 fully saturated rings. The van der Waals surface area contributed by atoms with Crippen molar-refractivity contribution in [3.63, 3.8) is 0 Å². The molecule has 0 radical (unpaired) electrons. The van der Waals surface area contributed by atoms with Gasteiger partial charge < -0.3 is 10.2 Å². The van der Waals surface area contributed by atoms with Crippen molar-refractivity contribution in [2.75, 3.05) is 13.1 Å². The van der Waals surface area contributed by atoms with Gasteiger partial charge in [0.15, 0.2) is 0 Å². The molecule has 134 valence electrons. The second kappa shape index (κ2) is 6.49. The number of nitrogens with zero attached hydrogens (tertiary/aromatic N) is 1. The first kappa shape index (κ1) is 18.0. The minimum Gasteiger partial charge on any atom is -0.388 e. The maximum Gasteiger partial charge on any atom is 0.243 e. The molecule has 0 bridgehead atoms. The van der Waals surface area contributed by atoms with Crippen molar-refractivity contribution in [3.05, 3.63) is 65.5 Å². The Bertz CT molecular complexity index is 852. The lowest BCUT2D eigenvalue weighted by Gasteiger charge is -2.41. The zero-order valence-corrected chi connectivity index (χ0v) is 14.6. The Morgan fingerprint density at radius 1 is 1.12 bits per heavy atom. The van der Waals surface area contributed by atoms with E-state index in [0.717, 1.165) is 5.56 Å². The van der Waals surface area contributed by atoms with Crippen molar-refractivity contribution in [2.24, 2.45) is 0 Å². The zero-order valence-electron chi connectivity index (χ0n) is 13.8. The first-order valence-corrected chi connectivity index (χ1v) is 9.41. The number of halogens is 1. The lowest BCUT2D eigenvalue weighted by Crippen LogP contribution is -2.54. The first-order valence-electron chi connectivity index (χ1n) is 7.97. The predicted octanol–water partition coefficient (Wildman–Crippen LogP) is 1.78. The molecular weight excluding hydrogens is 345 g/mol. The van der Waals surface area contributed by atoms with E-state index in [4.69, 9.17) is 0 Å². The van der Waals surface area contributed by atoms with Crippen LogP contribution in [-0.2, 0) is 15.6 Å². The highest BCUT2D eigenvalue weighted by atomic mass is 32.2. The van der Waals surface area contributed by atoms with Gasteiger partial charge >= 0.3 is 0 Å². The summed E-state index contributed by atoms with van der Waals surface area (Å²) in [4.78, 5) is 0.150. The smallest absolute Gasteiger partial charge is 0.243 e. The number of piperidine rings is 1. The van der Waals surface area contributed by atoms with Crippen LogP contribution in [0.5, 0.6) is 0 Å². The van der Waals surface area contributed by atoms with Crippen molar-refractivity contribution >= 4 is 10.0 Å². The van der Waals surface area contributed by atoms with Crippen molar-refractivity contribution in [3.8, 4) is 0 Å². The molecule has 2 aromatic carbocycles. The van der Waals surface area contributed by atoms with Crippen LogP contribution >= 0.6 is 0 Å². The van der Waals surface area contributed by atoms with E-state index < -0.39 is 27.5 Å². The molecule has 0 spiro atoms. The number of aliphatic hydroxyl groups excluding tert-OH is 1. The third kappa shape index (κ3) is 3.32. The van der Waals surface area contributed by atoms with E-state index in [1.165, 1.54) is 40.7 Å². The Balaban J connectivity index is 1.83. The number of benzene rings is 2. The highest BCUT2D eigenvalue weighted by Crippen LogP contribution is 2.35. The van der Waals surface area contributed by atoms with Gasteiger partial charge in [0.2, 0.25) is 10.0 Å². The van der Waals surface area contributed by atoms with Crippen LogP contribution in [0.25, 0.3) is 0 Å². The molecule has 1 heterocycles. The topological polar surface area (TPSA) is 77.8 Å². The third-order valence-corrected chi connectivity index (χ3v) is 6.55. The summed E-state index contributed by atoms with van der Waals surface area (Å²) in [5.74, 6) is -0.443. The highest BCUT2D eigenvalue weighted by molar-refractivity contribution is 7.89. The fourth-order valence-corrected chi connectivity index (χ4v) is 4.50. The van der Waals surface area contributed by atoms with Gasteiger partial charge in [0, 0.05) is 13.1 Å². The van der Waals surface area contributed by atoms with Crippen LogP contribution in [0.2, 0.25) is 0 Å². The van der Waals surface area contributed by atoms with Crippen molar-refractivity contribution < 1.29 is 23.0 Å². The van der Waals surface area contributed by atoms with Crippen LogP contribution in [-0.4, -0.2) is 42.1 Å². The fourth-order valence-electron chi connectivity index (χ4n) is 3.05. The Morgan fingerprint density at radius 3 is 2.28 bits per heavy atom. The van der Waals surface area contributed by atoms with Gasteiger partial charge in [-0.3, -0.25) is 0 Å². The van der Waals surface area contributed by atoms with Gasteiger partial charge in [-0.15, -0.1) is 0 Å². The SMILES string of the molecule is Cc1ccc(S(=O)(=O)N2CCC(O)(c3ccc(F)cc3)C(O)C2)cc1. The van der Waals surface area contributed by atoms with Gasteiger partial charge in [0.05, 0.1) is 4.90 Å². The number of aliphatic hydroxyl groups is 2. The van der Waals surface area contributed by atoms with Crippen LogP contribution in [0.15, 0.2) is 53.4 Å². The first-order chi connectivity index (χ1) is 11.7. The number of hydrogen-bond donors (Lipinski definition) is 2. The highest BCUT2D eigenvalue weighted by Gasteiger charge is 2.45. The number of sulfonamides is 1. The normalized spacial score (nSPS) is 25.0.